The summed E-state index contributed by atoms with van der Waals surface area (Å²) < 4.78 is 71.8. The molecule has 1 heterocycles. The Labute approximate surface area is 104 Å². The molecule has 4 nitrogen and oxygen atoms in total. The molecule has 106 valence electrons. The Bertz CT molecular complexity index is 487. The van der Waals surface area contributed by atoms with Crippen molar-refractivity contribution in [2.75, 3.05) is 14.2 Å². The van der Waals surface area contributed by atoms with E-state index in [1.54, 1.807) is 0 Å². The van der Waals surface area contributed by atoms with Gasteiger partial charge in [0.25, 0.3) is 6.43 Å². The molecule has 0 aromatic carbocycles. The minimum Gasteiger partial charge on any atom is -0.481 e. The summed E-state index contributed by atoms with van der Waals surface area (Å²) in [5.41, 5.74) is -3.51. The first-order chi connectivity index (χ1) is 8.72. The lowest BCUT2D eigenvalue weighted by atomic mass is 10.1. The fourth-order valence-corrected chi connectivity index (χ4v) is 1.31. The number of pyridine rings is 1. The normalized spacial score (nSPS) is 11.6. The van der Waals surface area contributed by atoms with Crippen molar-refractivity contribution in [3.8, 4) is 5.88 Å². The first-order valence-electron chi connectivity index (χ1n) is 4.75. The van der Waals surface area contributed by atoms with Crippen LogP contribution in [0.25, 0.3) is 0 Å². The van der Waals surface area contributed by atoms with Crippen LogP contribution in [-0.2, 0) is 10.9 Å². The molecule has 1 aromatic rings. The zero-order chi connectivity index (χ0) is 14.8. The fourth-order valence-electron chi connectivity index (χ4n) is 1.31. The Hall–Kier alpha value is -1.93. The minimum atomic E-state index is -4.90. The lowest BCUT2D eigenvalue weighted by Crippen LogP contribution is -2.15. The number of hydrogen-bond donors (Lipinski definition) is 0. The van der Waals surface area contributed by atoms with Crippen LogP contribution in [0.15, 0.2) is 6.07 Å². The third kappa shape index (κ3) is 3.09. The molecule has 0 aliphatic heterocycles. The van der Waals surface area contributed by atoms with Crippen molar-refractivity contribution in [1.82, 2.24) is 4.98 Å². The van der Waals surface area contributed by atoms with Crippen molar-refractivity contribution in [1.29, 1.82) is 0 Å². The third-order valence-corrected chi connectivity index (χ3v) is 2.13. The van der Waals surface area contributed by atoms with Gasteiger partial charge in [0.1, 0.15) is 11.3 Å². The molecule has 0 saturated carbocycles. The van der Waals surface area contributed by atoms with Gasteiger partial charge < -0.3 is 9.47 Å². The number of halogens is 5. The maximum absolute atomic E-state index is 12.7. The number of hydrogen-bond acceptors (Lipinski definition) is 4. The van der Waals surface area contributed by atoms with Crippen LogP contribution in [0, 0.1) is 0 Å². The van der Waals surface area contributed by atoms with Gasteiger partial charge in [-0.15, -0.1) is 0 Å². The van der Waals surface area contributed by atoms with E-state index in [1.165, 1.54) is 0 Å². The topological polar surface area (TPSA) is 48.4 Å². The molecule has 0 bridgehead atoms. The highest BCUT2D eigenvalue weighted by Crippen LogP contribution is 2.37. The Morgan fingerprint density at radius 2 is 1.89 bits per heavy atom. The van der Waals surface area contributed by atoms with E-state index in [-0.39, 0.29) is 6.07 Å². The van der Waals surface area contributed by atoms with E-state index in [0.29, 0.717) is 0 Å². The number of ether oxygens (including phenoxy) is 2. The first-order valence-corrected chi connectivity index (χ1v) is 4.75. The van der Waals surface area contributed by atoms with E-state index < -0.39 is 41.3 Å². The number of carbonyl (C=O) groups excluding carboxylic acids is 1. The number of carbonyl (C=O) groups is 1. The average molecular weight is 285 g/mol. The van der Waals surface area contributed by atoms with Crippen molar-refractivity contribution in [3.63, 3.8) is 0 Å². The maximum atomic E-state index is 12.7. The molecule has 0 aliphatic carbocycles. The highest BCUT2D eigenvalue weighted by atomic mass is 19.4. The van der Waals surface area contributed by atoms with Gasteiger partial charge in [-0.3, -0.25) is 0 Å². The molecule has 1 aromatic heterocycles. The van der Waals surface area contributed by atoms with Gasteiger partial charge in [0, 0.05) is 0 Å². The number of rotatable bonds is 3. The van der Waals surface area contributed by atoms with Crippen LogP contribution >= 0.6 is 0 Å². The molecule has 0 N–H and O–H groups in total. The van der Waals surface area contributed by atoms with E-state index in [4.69, 9.17) is 0 Å². The Morgan fingerprint density at radius 3 is 2.26 bits per heavy atom. The largest absolute Gasteiger partial charge is 0.481 e. The molecule has 19 heavy (non-hydrogen) atoms. The third-order valence-electron chi connectivity index (χ3n) is 2.13. The summed E-state index contributed by atoms with van der Waals surface area (Å²) in [4.78, 5) is 14.2. The second kappa shape index (κ2) is 5.37. The van der Waals surface area contributed by atoms with E-state index in [0.717, 1.165) is 14.2 Å². The summed E-state index contributed by atoms with van der Waals surface area (Å²) in [6.45, 7) is 0. The highest BCUT2D eigenvalue weighted by Gasteiger charge is 2.38. The number of aromatic nitrogens is 1. The quantitative estimate of drug-likeness (QED) is 0.633. The van der Waals surface area contributed by atoms with Crippen molar-refractivity contribution in [2.45, 2.75) is 12.6 Å². The number of methoxy groups -OCH3 is 2. The fraction of sp³-hybridized carbons (Fsp3) is 0.400. The lowest BCUT2D eigenvalue weighted by molar-refractivity contribution is -0.139. The number of esters is 1. The van der Waals surface area contributed by atoms with Crippen LogP contribution in [-0.4, -0.2) is 25.2 Å². The van der Waals surface area contributed by atoms with Crippen LogP contribution in [0.5, 0.6) is 5.88 Å². The molecule has 9 heteroatoms. The molecule has 0 saturated heterocycles. The molecule has 0 aliphatic rings. The van der Waals surface area contributed by atoms with Gasteiger partial charge in [0.05, 0.1) is 19.8 Å². The van der Waals surface area contributed by atoms with Gasteiger partial charge in [-0.2, -0.15) is 13.2 Å². The molecule has 0 amide bonds. The lowest BCUT2D eigenvalue weighted by Gasteiger charge is -2.14. The summed E-state index contributed by atoms with van der Waals surface area (Å²) in [5.74, 6) is -2.37. The molecular weight excluding hydrogens is 277 g/mol. The van der Waals surface area contributed by atoms with Gasteiger partial charge in [-0.25, -0.2) is 18.6 Å². The van der Waals surface area contributed by atoms with Gasteiger partial charge in [-0.05, 0) is 6.07 Å². The van der Waals surface area contributed by atoms with E-state index in [1.807, 2.05) is 0 Å². The number of alkyl halides is 5. The zero-order valence-electron chi connectivity index (χ0n) is 9.72. The second-order valence-electron chi connectivity index (χ2n) is 3.27. The van der Waals surface area contributed by atoms with Crippen molar-refractivity contribution in [3.05, 3.63) is 22.9 Å². The van der Waals surface area contributed by atoms with Crippen LogP contribution in [0.4, 0.5) is 22.0 Å². The minimum absolute atomic E-state index is 0.235. The van der Waals surface area contributed by atoms with Crippen molar-refractivity contribution in [2.24, 2.45) is 0 Å². The van der Waals surface area contributed by atoms with Gasteiger partial charge in [-0.1, -0.05) is 0 Å². The summed E-state index contributed by atoms with van der Waals surface area (Å²) in [6.07, 6.45) is -8.15. The van der Waals surface area contributed by atoms with Crippen LogP contribution in [0.1, 0.15) is 28.0 Å². The molecule has 1 rings (SSSR count). The van der Waals surface area contributed by atoms with Gasteiger partial charge in [0.2, 0.25) is 5.88 Å². The molecule has 0 atom stereocenters. The van der Waals surface area contributed by atoms with Crippen LogP contribution in [0.2, 0.25) is 0 Å². The molecule has 0 fully saturated rings. The molecular formula is C10H8F5NO3. The Kier molecular flexibility index (Phi) is 4.28. The van der Waals surface area contributed by atoms with Gasteiger partial charge >= 0.3 is 12.1 Å². The first kappa shape index (κ1) is 15.1. The highest BCUT2D eigenvalue weighted by molar-refractivity contribution is 5.91. The van der Waals surface area contributed by atoms with E-state index in [2.05, 4.69) is 14.5 Å². The second-order valence-corrected chi connectivity index (χ2v) is 3.27. The SMILES string of the molecule is COC(=O)c1cc(C(F)(F)F)c(OC)nc1C(F)F. The Balaban J connectivity index is 3.57. The van der Waals surface area contributed by atoms with Crippen LogP contribution < -0.4 is 4.74 Å². The summed E-state index contributed by atoms with van der Waals surface area (Å²) in [6, 6.07) is 0.235. The summed E-state index contributed by atoms with van der Waals surface area (Å²) >= 11 is 0. The monoisotopic (exact) mass is 285 g/mol. The van der Waals surface area contributed by atoms with Crippen LogP contribution in [0.3, 0.4) is 0 Å². The zero-order valence-corrected chi connectivity index (χ0v) is 9.72. The molecule has 0 radical (unpaired) electrons. The van der Waals surface area contributed by atoms with Crippen molar-refractivity contribution >= 4 is 5.97 Å². The summed E-state index contributed by atoms with van der Waals surface area (Å²) in [5, 5.41) is 0. The standard InChI is InChI=1S/C10H8F5NO3/c1-18-8-5(10(13,14)15)3-4(9(17)19-2)6(16-8)7(11)12/h3,7H,1-2H3. The molecule has 0 spiro atoms. The molecule has 0 unspecified atom stereocenters. The summed E-state index contributed by atoms with van der Waals surface area (Å²) in [7, 11) is 1.71. The predicted octanol–water partition coefficient (Wildman–Crippen LogP) is 2.83. The van der Waals surface area contributed by atoms with Gasteiger partial charge in [0.15, 0.2) is 0 Å². The smallest absolute Gasteiger partial charge is 0.421 e. The maximum Gasteiger partial charge on any atom is 0.421 e. The van der Waals surface area contributed by atoms with E-state index in [9.17, 15) is 26.7 Å². The number of nitrogens with zero attached hydrogens (tertiary/aromatic N) is 1. The predicted molar refractivity (Wildman–Crippen MR) is 52.1 cm³/mol. The van der Waals surface area contributed by atoms with Crippen molar-refractivity contribution < 1.29 is 36.2 Å². The van der Waals surface area contributed by atoms with E-state index >= 15 is 0 Å². The Morgan fingerprint density at radius 1 is 1.32 bits per heavy atom. The average Bonchev–Trinajstić information content (AvgIpc) is 2.34.